The number of nitrogens with zero attached hydrogens (tertiary/aromatic N) is 1. The number of amides is 1. The molecule has 0 unspecified atom stereocenters. The number of carbonyl (C=O) groups is 2. The maximum Gasteiger partial charge on any atom is 0.311 e. The zero-order valence-electron chi connectivity index (χ0n) is 16.3. The molecule has 6 heteroatoms. The summed E-state index contributed by atoms with van der Waals surface area (Å²) in [6.45, 7) is 1.40. The van der Waals surface area contributed by atoms with Gasteiger partial charge in [0.1, 0.15) is 11.3 Å². The lowest BCUT2D eigenvalue weighted by atomic mass is 10.1. The molecule has 6 nitrogen and oxygen atoms in total. The minimum Gasteiger partial charge on any atom is -0.497 e. The third kappa shape index (κ3) is 4.11. The highest BCUT2D eigenvalue weighted by molar-refractivity contribution is 5.89. The van der Waals surface area contributed by atoms with Crippen molar-refractivity contribution >= 4 is 22.8 Å². The number of hydrogen-bond acceptors (Lipinski definition) is 5. The quantitative estimate of drug-likeness (QED) is 0.594. The summed E-state index contributed by atoms with van der Waals surface area (Å²) in [4.78, 5) is 27.5. The average Bonchev–Trinajstić information content (AvgIpc) is 3.42. The number of hydrogen-bond donors (Lipinski definition) is 0. The molecule has 0 spiro atoms. The van der Waals surface area contributed by atoms with E-state index in [4.69, 9.17) is 13.9 Å². The van der Waals surface area contributed by atoms with Crippen molar-refractivity contribution < 1.29 is 23.5 Å². The van der Waals surface area contributed by atoms with E-state index in [0.717, 1.165) is 18.2 Å². The van der Waals surface area contributed by atoms with E-state index in [2.05, 4.69) is 0 Å². The minimum absolute atomic E-state index is 0.0238. The molecule has 0 saturated carbocycles. The van der Waals surface area contributed by atoms with Crippen molar-refractivity contribution in [2.45, 2.75) is 25.4 Å². The summed E-state index contributed by atoms with van der Waals surface area (Å²) in [7, 11) is 1.59. The van der Waals surface area contributed by atoms with Gasteiger partial charge in [0, 0.05) is 35.7 Å². The lowest BCUT2D eigenvalue weighted by Crippen LogP contribution is -2.35. The van der Waals surface area contributed by atoms with Gasteiger partial charge in [-0.3, -0.25) is 9.59 Å². The summed E-state index contributed by atoms with van der Waals surface area (Å²) in [6.07, 6.45) is 2.60. The van der Waals surface area contributed by atoms with Gasteiger partial charge in [0.15, 0.2) is 0 Å². The normalized spacial score (nSPS) is 14.7. The molecule has 3 aromatic rings. The third-order valence-corrected chi connectivity index (χ3v) is 5.19. The molecule has 1 atom stereocenters. The molecule has 0 bridgehead atoms. The SMILES string of the molecule is COc1ccc2c(CC(=O)O[C@@H](C(=O)N3CCCC3)c3ccccc3)coc2c1. The summed E-state index contributed by atoms with van der Waals surface area (Å²) < 4.78 is 16.4. The van der Waals surface area contributed by atoms with Crippen LogP contribution >= 0.6 is 0 Å². The Balaban J connectivity index is 1.53. The van der Waals surface area contributed by atoms with Crippen molar-refractivity contribution in [1.82, 2.24) is 4.90 Å². The highest BCUT2D eigenvalue weighted by Crippen LogP contribution is 2.27. The largest absolute Gasteiger partial charge is 0.497 e. The van der Waals surface area contributed by atoms with Crippen LogP contribution in [0.15, 0.2) is 59.2 Å². The number of benzene rings is 2. The Labute approximate surface area is 169 Å². The smallest absolute Gasteiger partial charge is 0.311 e. The molecular formula is C23H23NO5. The Hall–Kier alpha value is -3.28. The second kappa shape index (κ2) is 8.39. The number of ether oxygens (including phenoxy) is 2. The van der Waals surface area contributed by atoms with Gasteiger partial charge < -0.3 is 18.8 Å². The van der Waals surface area contributed by atoms with Crippen molar-refractivity contribution in [3.8, 4) is 5.75 Å². The molecule has 1 saturated heterocycles. The second-order valence-electron chi connectivity index (χ2n) is 7.11. The van der Waals surface area contributed by atoms with Gasteiger partial charge in [-0.05, 0) is 25.0 Å². The van der Waals surface area contributed by atoms with E-state index in [0.29, 0.717) is 35.5 Å². The lowest BCUT2D eigenvalue weighted by molar-refractivity contribution is -0.160. The van der Waals surface area contributed by atoms with E-state index in [1.54, 1.807) is 24.3 Å². The van der Waals surface area contributed by atoms with Gasteiger partial charge >= 0.3 is 5.97 Å². The first-order valence-corrected chi connectivity index (χ1v) is 9.73. The van der Waals surface area contributed by atoms with Crippen molar-refractivity contribution in [2.24, 2.45) is 0 Å². The van der Waals surface area contributed by atoms with Crippen LogP contribution in [0.3, 0.4) is 0 Å². The molecule has 4 rings (SSSR count). The predicted octanol–water partition coefficient (Wildman–Crippen LogP) is 3.89. The number of likely N-dealkylation sites (tertiary alicyclic amines) is 1. The molecule has 150 valence electrons. The van der Waals surface area contributed by atoms with E-state index in [1.807, 2.05) is 42.5 Å². The molecule has 29 heavy (non-hydrogen) atoms. The fourth-order valence-corrected chi connectivity index (χ4v) is 3.65. The Bertz CT molecular complexity index is 1000. The van der Waals surface area contributed by atoms with Crippen LogP contribution in [0.5, 0.6) is 5.75 Å². The predicted molar refractivity (Wildman–Crippen MR) is 108 cm³/mol. The molecule has 1 aromatic heterocycles. The number of esters is 1. The fraction of sp³-hybridized carbons (Fsp3) is 0.304. The van der Waals surface area contributed by atoms with E-state index in [1.165, 1.54) is 0 Å². The van der Waals surface area contributed by atoms with Gasteiger partial charge in [-0.25, -0.2) is 0 Å². The van der Waals surface area contributed by atoms with Crippen molar-refractivity contribution in [3.05, 3.63) is 65.9 Å². The van der Waals surface area contributed by atoms with E-state index in [-0.39, 0.29) is 12.3 Å². The van der Waals surface area contributed by atoms with Crippen LogP contribution in [0.2, 0.25) is 0 Å². The summed E-state index contributed by atoms with van der Waals surface area (Å²) in [5, 5.41) is 0.824. The van der Waals surface area contributed by atoms with Crippen LogP contribution in [-0.4, -0.2) is 37.0 Å². The molecule has 0 aliphatic carbocycles. The first-order valence-electron chi connectivity index (χ1n) is 9.73. The van der Waals surface area contributed by atoms with Gasteiger partial charge in [-0.2, -0.15) is 0 Å². The molecule has 1 aliphatic rings. The van der Waals surface area contributed by atoms with Crippen LogP contribution in [-0.2, 0) is 20.7 Å². The van der Waals surface area contributed by atoms with Crippen LogP contribution in [0.25, 0.3) is 11.0 Å². The fourth-order valence-electron chi connectivity index (χ4n) is 3.65. The number of methoxy groups -OCH3 is 1. The summed E-state index contributed by atoms with van der Waals surface area (Å²) >= 11 is 0. The van der Waals surface area contributed by atoms with E-state index < -0.39 is 12.1 Å². The zero-order chi connectivity index (χ0) is 20.2. The minimum atomic E-state index is -0.931. The first-order chi connectivity index (χ1) is 14.2. The summed E-state index contributed by atoms with van der Waals surface area (Å²) in [5.41, 5.74) is 2.03. The molecule has 2 aromatic carbocycles. The number of rotatable bonds is 6. The second-order valence-corrected chi connectivity index (χ2v) is 7.11. The molecule has 1 fully saturated rings. The van der Waals surface area contributed by atoms with Crippen molar-refractivity contribution in [3.63, 3.8) is 0 Å². The summed E-state index contributed by atoms with van der Waals surface area (Å²) in [6, 6.07) is 14.6. The Morgan fingerprint density at radius 2 is 1.86 bits per heavy atom. The molecule has 1 amide bonds. The zero-order valence-corrected chi connectivity index (χ0v) is 16.3. The van der Waals surface area contributed by atoms with E-state index >= 15 is 0 Å². The maximum atomic E-state index is 13.0. The first kappa shape index (κ1) is 19.1. The van der Waals surface area contributed by atoms with Gasteiger partial charge in [-0.15, -0.1) is 0 Å². The van der Waals surface area contributed by atoms with Crippen LogP contribution in [0.4, 0.5) is 0 Å². The molecule has 0 N–H and O–H groups in total. The Morgan fingerprint density at radius 1 is 1.10 bits per heavy atom. The third-order valence-electron chi connectivity index (χ3n) is 5.19. The lowest BCUT2D eigenvalue weighted by Gasteiger charge is -2.23. The molecule has 2 heterocycles. The van der Waals surface area contributed by atoms with Crippen LogP contribution in [0.1, 0.15) is 30.1 Å². The maximum absolute atomic E-state index is 13.0. The molecule has 1 aliphatic heterocycles. The number of carbonyl (C=O) groups excluding carboxylic acids is 2. The topological polar surface area (TPSA) is 69.0 Å². The van der Waals surface area contributed by atoms with Crippen LogP contribution in [0, 0.1) is 0 Å². The molecular weight excluding hydrogens is 370 g/mol. The average molecular weight is 393 g/mol. The summed E-state index contributed by atoms with van der Waals surface area (Å²) in [5.74, 6) is 0.0510. The highest BCUT2D eigenvalue weighted by Gasteiger charge is 2.31. The van der Waals surface area contributed by atoms with Gasteiger partial charge in [-0.1, -0.05) is 30.3 Å². The van der Waals surface area contributed by atoms with Crippen molar-refractivity contribution in [1.29, 1.82) is 0 Å². The van der Waals surface area contributed by atoms with Gasteiger partial charge in [0.05, 0.1) is 19.8 Å². The monoisotopic (exact) mass is 393 g/mol. The Morgan fingerprint density at radius 3 is 2.59 bits per heavy atom. The number of fused-ring (bicyclic) bond motifs is 1. The standard InChI is InChI=1S/C23H23NO5/c1-27-18-9-10-19-17(15-28-20(19)14-18)13-21(25)29-22(16-7-3-2-4-8-16)23(26)24-11-5-6-12-24/h2-4,7-10,14-15,22H,5-6,11-13H2,1H3/t22-/m1/s1. The van der Waals surface area contributed by atoms with Crippen molar-refractivity contribution in [2.75, 3.05) is 20.2 Å². The van der Waals surface area contributed by atoms with Gasteiger partial charge in [0.25, 0.3) is 5.91 Å². The van der Waals surface area contributed by atoms with Gasteiger partial charge in [0.2, 0.25) is 6.10 Å². The molecule has 0 radical (unpaired) electrons. The van der Waals surface area contributed by atoms with E-state index in [9.17, 15) is 9.59 Å². The highest BCUT2D eigenvalue weighted by atomic mass is 16.5. The Kier molecular flexibility index (Phi) is 5.51. The van der Waals surface area contributed by atoms with Crippen LogP contribution < -0.4 is 4.74 Å². The number of furan rings is 1.